The van der Waals surface area contributed by atoms with Crippen molar-refractivity contribution in [2.75, 3.05) is 27.4 Å². The van der Waals surface area contributed by atoms with Gasteiger partial charge in [-0.1, -0.05) is 37.0 Å². The lowest BCUT2D eigenvalue weighted by Gasteiger charge is -2.17. The molecule has 2 aliphatic heterocycles. The second kappa shape index (κ2) is 14.5. The molecule has 2 amide bonds. The summed E-state index contributed by atoms with van der Waals surface area (Å²) in [4.78, 5) is 50.8. The SMILES string of the molecule is COc1cc2c(cc1OCCCOc1c(Cl)c3c(c(Cl)c1OC)CN(C(=O)CC(C)C(=O)O)C3)CN(C(=O)CC(C)C(=O)O)C2. The van der Waals surface area contributed by atoms with Crippen LogP contribution in [-0.2, 0) is 45.4 Å². The lowest BCUT2D eigenvalue weighted by Crippen LogP contribution is -2.28. The molecule has 2 aliphatic rings. The van der Waals surface area contributed by atoms with Gasteiger partial charge in [-0.15, -0.1) is 0 Å². The van der Waals surface area contributed by atoms with Crippen LogP contribution in [0.25, 0.3) is 0 Å². The Morgan fingerprint density at radius 2 is 1.20 bits per heavy atom. The summed E-state index contributed by atoms with van der Waals surface area (Å²) in [6.45, 7) is 4.51. The maximum atomic E-state index is 12.7. The smallest absolute Gasteiger partial charge is 0.306 e. The quantitative estimate of drug-likeness (QED) is 0.270. The van der Waals surface area contributed by atoms with Crippen molar-refractivity contribution in [3.63, 3.8) is 0 Å². The summed E-state index contributed by atoms with van der Waals surface area (Å²) in [5, 5.41) is 18.8. The first-order valence-electron chi connectivity index (χ1n) is 14.4. The standard InChI is InChI=1S/C31H36Cl2N2O10/c1-16(30(38)39)8-24(36)34-12-18-10-22(42-3)23(11-19(18)13-34)44-6-5-7-45-29-27(33)21-15-35(25(37)9-17(2)31(40)41)14-20(21)26(32)28(29)43-4/h10-11,16-17H,5-9,12-15H2,1-4H3,(H,38,39)(H,40,41). The lowest BCUT2D eigenvalue weighted by atomic mass is 10.1. The Kier molecular flexibility index (Phi) is 10.9. The number of amides is 2. The van der Waals surface area contributed by atoms with Gasteiger partial charge in [-0.2, -0.15) is 0 Å². The third kappa shape index (κ3) is 7.50. The highest BCUT2D eigenvalue weighted by atomic mass is 35.5. The second-order valence-corrected chi connectivity index (χ2v) is 11.9. The number of carboxylic acid groups (broad SMARTS) is 2. The molecule has 12 nitrogen and oxygen atoms in total. The van der Waals surface area contributed by atoms with Crippen molar-refractivity contribution in [3.05, 3.63) is 44.4 Å². The summed E-state index contributed by atoms with van der Waals surface area (Å²) >= 11 is 13.4. The Balaban J connectivity index is 1.36. The van der Waals surface area contributed by atoms with Crippen molar-refractivity contribution in [1.29, 1.82) is 0 Å². The minimum atomic E-state index is -1.05. The van der Waals surface area contributed by atoms with Crippen molar-refractivity contribution in [1.82, 2.24) is 9.80 Å². The zero-order chi connectivity index (χ0) is 33.0. The van der Waals surface area contributed by atoms with Crippen molar-refractivity contribution in [3.8, 4) is 23.0 Å². The molecule has 0 radical (unpaired) electrons. The molecule has 0 saturated heterocycles. The predicted octanol–water partition coefficient (Wildman–Crippen LogP) is 4.76. The molecule has 14 heteroatoms. The van der Waals surface area contributed by atoms with Gasteiger partial charge in [0.1, 0.15) is 0 Å². The third-order valence-electron chi connectivity index (χ3n) is 7.91. The normalized spacial score (nSPS) is 14.8. The molecule has 0 fully saturated rings. The highest BCUT2D eigenvalue weighted by Gasteiger charge is 2.34. The van der Waals surface area contributed by atoms with Gasteiger partial charge in [0.25, 0.3) is 0 Å². The van der Waals surface area contributed by atoms with E-state index >= 15 is 0 Å². The van der Waals surface area contributed by atoms with Crippen molar-refractivity contribution < 1.29 is 48.3 Å². The molecule has 2 atom stereocenters. The molecule has 45 heavy (non-hydrogen) atoms. The number of hydrogen-bond donors (Lipinski definition) is 2. The zero-order valence-electron chi connectivity index (χ0n) is 25.5. The molecular formula is C31H36Cl2N2O10. The molecule has 244 valence electrons. The molecule has 0 aliphatic carbocycles. The zero-order valence-corrected chi connectivity index (χ0v) is 27.0. The van der Waals surface area contributed by atoms with Gasteiger partial charge < -0.3 is 39.0 Å². The predicted molar refractivity (Wildman–Crippen MR) is 163 cm³/mol. The van der Waals surface area contributed by atoms with Gasteiger partial charge in [0.05, 0.1) is 49.3 Å². The van der Waals surface area contributed by atoms with Crippen LogP contribution < -0.4 is 18.9 Å². The van der Waals surface area contributed by atoms with Gasteiger partial charge in [0.15, 0.2) is 23.0 Å². The number of rotatable bonds is 14. The van der Waals surface area contributed by atoms with Gasteiger partial charge in [-0.05, 0) is 23.3 Å². The van der Waals surface area contributed by atoms with Crippen LogP contribution in [0.5, 0.6) is 23.0 Å². The van der Waals surface area contributed by atoms with Crippen LogP contribution in [0, 0.1) is 11.8 Å². The van der Waals surface area contributed by atoms with Crippen LogP contribution >= 0.6 is 23.2 Å². The molecular weight excluding hydrogens is 631 g/mol. The van der Waals surface area contributed by atoms with Crippen LogP contribution in [-0.4, -0.2) is 71.2 Å². The van der Waals surface area contributed by atoms with E-state index < -0.39 is 23.8 Å². The fourth-order valence-corrected chi connectivity index (χ4v) is 5.87. The van der Waals surface area contributed by atoms with Crippen LogP contribution in [0.15, 0.2) is 12.1 Å². The highest BCUT2D eigenvalue weighted by molar-refractivity contribution is 6.37. The number of aliphatic carboxylic acids is 2. The number of carboxylic acids is 2. The van der Waals surface area contributed by atoms with Gasteiger partial charge in [-0.3, -0.25) is 19.2 Å². The van der Waals surface area contributed by atoms with E-state index in [0.29, 0.717) is 42.1 Å². The van der Waals surface area contributed by atoms with E-state index in [1.807, 2.05) is 12.1 Å². The molecule has 0 spiro atoms. The summed E-state index contributed by atoms with van der Waals surface area (Å²) in [5.74, 6) is -2.69. The average molecular weight is 668 g/mol. The molecule has 4 rings (SSSR count). The molecule has 0 bridgehead atoms. The van der Waals surface area contributed by atoms with Gasteiger partial charge in [0.2, 0.25) is 11.8 Å². The molecule has 2 unspecified atom stereocenters. The molecule has 2 heterocycles. The van der Waals surface area contributed by atoms with E-state index in [-0.39, 0.29) is 72.5 Å². The number of benzene rings is 2. The maximum absolute atomic E-state index is 12.7. The van der Waals surface area contributed by atoms with Gasteiger partial charge in [-0.25, -0.2) is 0 Å². The highest BCUT2D eigenvalue weighted by Crippen LogP contribution is 2.49. The number of nitrogens with zero attached hydrogens (tertiary/aromatic N) is 2. The number of ether oxygens (including phenoxy) is 4. The Hall–Kier alpha value is -3.90. The summed E-state index contributed by atoms with van der Waals surface area (Å²) in [5.41, 5.74) is 3.06. The lowest BCUT2D eigenvalue weighted by molar-refractivity contribution is -0.145. The van der Waals surface area contributed by atoms with Crippen LogP contribution in [0.1, 0.15) is 55.4 Å². The van der Waals surface area contributed by atoms with Crippen LogP contribution in [0.3, 0.4) is 0 Å². The van der Waals surface area contributed by atoms with Crippen molar-refractivity contribution in [2.24, 2.45) is 11.8 Å². The van der Waals surface area contributed by atoms with E-state index in [0.717, 1.165) is 11.1 Å². The Morgan fingerprint density at radius 3 is 1.69 bits per heavy atom. The van der Waals surface area contributed by atoms with Gasteiger partial charge >= 0.3 is 11.9 Å². The summed E-state index contributed by atoms with van der Waals surface area (Å²) < 4.78 is 23.0. The summed E-state index contributed by atoms with van der Waals surface area (Å²) in [7, 11) is 2.96. The van der Waals surface area contributed by atoms with E-state index in [9.17, 15) is 19.2 Å². The van der Waals surface area contributed by atoms with E-state index in [4.69, 9.17) is 52.4 Å². The number of carbonyl (C=O) groups is 4. The summed E-state index contributed by atoms with van der Waals surface area (Å²) in [6, 6.07) is 3.65. The third-order valence-corrected chi connectivity index (χ3v) is 8.71. The maximum Gasteiger partial charge on any atom is 0.306 e. The van der Waals surface area contributed by atoms with Crippen molar-refractivity contribution >= 4 is 47.0 Å². The monoisotopic (exact) mass is 666 g/mol. The van der Waals surface area contributed by atoms with Crippen LogP contribution in [0.2, 0.25) is 10.0 Å². The fourth-order valence-electron chi connectivity index (χ4n) is 5.22. The number of methoxy groups -OCH3 is 2. The van der Waals surface area contributed by atoms with Gasteiger partial charge in [0, 0.05) is 56.6 Å². The second-order valence-electron chi connectivity index (χ2n) is 11.2. The Bertz CT molecular complexity index is 1500. The minimum Gasteiger partial charge on any atom is -0.493 e. The van der Waals surface area contributed by atoms with E-state index in [1.54, 1.807) is 4.90 Å². The first-order chi connectivity index (χ1) is 21.4. The molecule has 2 aromatic rings. The molecule has 2 N–H and O–H groups in total. The molecule has 2 aromatic carbocycles. The average Bonchev–Trinajstić information content (AvgIpc) is 3.64. The Morgan fingerprint density at radius 1 is 0.733 bits per heavy atom. The Labute approximate surface area is 270 Å². The fraction of sp³-hybridized carbons (Fsp3) is 0.484. The minimum absolute atomic E-state index is 0.0729. The topological polar surface area (TPSA) is 152 Å². The van der Waals surface area contributed by atoms with Crippen molar-refractivity contribution in [2.45, 2.75) is 59.3 Å². The summed E-state index contributed by atoms with van der Waals surface area (Å²) in [6.07, 6.45) is 0.233. The van der Waals surface area contributed by atoms with E-state index in [1.165, 1.54) is 33.0 Å². The number of halogens is 2. The van der Waals surface area contributed by atoms with E-state index in [2.05, 4.69) is 0 Å². The largest absolute Gasteiger partial charge is 0.493 e. The molecule has 0 aromatic heterocycles. The number of carbonyl (C=O) groups excluding carboxylic acids is 2. The van der Waals surface area contributed by atoms with Crippen LogP contribution in [0.4, 0.5) is 0 Å². The first-order valence-corrected chi connectivity index (χ1v) is 15.1. The number of hydrogen-bond acceptors (Lipinski definition) is 8. The molecule has 0 saturated carbocycles. The first kappa shape index (κ1) is 34.0. The number of fused-ring (bicyclic) bond motifs is 2.